The molecule has 2 heterocycles. The third-order valence-electron chi connectivity index (χ3n) is 5.54. The van der Waals surface area contributed by atoms with Crippen molar-refractivity contribution in [1.82, 2.24) is 14.9 Å². The molecular weight excluding hydrogens is 418 g/mol. The van der Waals surface area contributed by atoms with Crippen molar-refractivity contribution in [2.75, 3.05) is 22.5 Å². The Hall–Kier alpha value is -4.14. The Labute approximate surface area is 192 Å². The zero-order valence-electron chi connectivity index (χ0n) is 18.4. The molecule has 0 spiro atoms. The van der Waals surface area contributed by atoms with Gasteiger partial charge in [0.1, 0.15) is 5.82 Å². The average molecular weight is 446 g/mol. The lowest BCUT2D eigenvalue weighted by Gasteiger charge is -2.22. The van der Waals surface area contributed by atoms with E-state index < -0.39 is 5.91 Å². The fourth-order valence-corrected chi connectivity index (χ4v) is 3.77. The lowest BCUT2D eigenvalue weighted by atomic mass is 10.2. The highest BCUT2D eigenvalue weighted by atomic mass is 16.2. The summed E-state index contributed by atoms with van der Waals surface area (Å²) in [6.07, 6.45) is 3.44. The zero-order valence-corrected chi connectivity index (χ0v) is 18.4. The lowest BCUT2D eigenvalue weighted by Crippen LogP contribution is -2.37. The molecule has 170 valence electrons. The Morgan fingerprint density at radius 1 is 1.12 bits per heavy atom. The summed E-state index contributed by atoms with van der Waals surface area (Å²) in [6.45, 7) is 3.30. The molecule has 1 atom stereocenters. The molecule has 3 aromatic rings. The number of carbonyl (C=O) groups is 2. The van der Waals surface area contributed by atoms with Gasteiger partial charge in [-0.15, -0.1) is 0 Å². The molecule has 1 fully saturated rings. The molecule has 5 N–H and O–H groups in total. The minimum absolute atomic E-state index is 0.105. The molecule has 0 radical (unpaired) electrons. The van der Waals surface area contributed by atoms with Crippen LogP contribution in [0.5, 0.6) is 0 Å². The standard InChI is InChI=1S/C24H27N7O2/c1-16-7-6-12-31(16)24(33)29-19-11-5-10-18(13-19)28-23-27-15-20(21(25)32)22(30-23)26-14-17-8-3-2-4-9-17/h2-5,8-11,13,15-16H,6-7,12,14H2,1H3,(H2,25,32)(H,29,33)(H2,26,27,28,30)/t16-/m1/s1. The number of aromatic nitrogens is 2. The van der Waals surface area contributed by atoms with Crippen LogP contribution in [0.2, 0.25) is 0 Å². The lowest BCUT2D eigenvalue weighted by molar-refractivity contribution is 0.100. The first-order valence-corrected chi connectivity index (χ1v) is 10.9. The van der Waals surface area contributed by atoms with Crippen molar-refractivity contribution in [3.63, 3.8) is 0 Å². The van der Waals surface area contributed by atoms with Crippen LogP contribution in [0.3, 0.4) is 0 Å². The summed E-state index contributed by atoms with van der Waals surface area (Å²) in [5.41, 5.74) is 8.10. The summed E-state index contributed by atoms with van der Waals surface area (Å²) in [5, 5.41) is 9.22. The van der Waals surface area contributed by atoms with Crippen LogP contribution in [0.25, 0.3) is 0 Å². The van der Waals surface area contributed by atoms with Gasteiger partial charge in [0, 0.05) is 36.7 Å². The van der Waals surface area contributed by atoms with E-state index in [2.05, 4.69) is 32.8 Å². The van der Waals surface area contributed by atoms with Gasteiger partial charge in [0.2, 0.25) is 5.95 Å². The number of hydrogen-bond donors (Lipinski definition) is 4. The molecule has 4 rings (SSSR count). The predicted molar refractivity (Wildman–Crippen MR) is 128 cm³/mol. The summed E-state index contributed by atoms with van der Waals surface area (Å²) in [5.74, 6) is 0.0292. The fraction of sp³-hybridized carbons (Fsp3) is 0.250. The largest absolute Gasteiger partial charge is 0.365 e. The summed E-state index contributed by atoms with van der Waals surface area (Å²) in [7, 11) is 0. The SMILES string of the molecule is C[C@@H]1CCCN1C(=O)Nc1cccc(Nc2ncc(C(N)=O)c(NCc3ccccc3)n2)c1. The number of urea groups is 1. The molecule has 9 heteroatoms. The van der Waals surface area contributed by atoms with Gasteiger partial charge in [0.05, 0.1) is 5.56 Å². The predicted octanol–water partition coefficient (Wildman–Crippen LogP) is 3.95. The number of benzene rings is 2. The summed E-state index contributed by atoms with van der Waals surface area (Å²) in [4.78, 5) is 34.9. The Kier molecular flexibility index (Phi) is 6.68. The van der Waals surface area contributed by atoms with Crippen LogP contribution in [0, 0.1) is 0 Å². The second kappa shape index (κ2) is 9.99. The van der Waals surface area contributed by atoms with E-state index in [4.69, 9.17) is 5.73 Å². The van der Waals surface area contributed by atoms with Crippen molar-refractivity contribution in [3.05, 3.63) is 71.9 Å². The van der Waals surface area contributed by atoms with E-state index in [1.807, 2.05) is 53.4 Å². The van der Waals surface area contributed by atoms with Crippen LogP contribution in [-0.2, 0) is 6.54 Å². The minimum atomic E-state index is -0.613. The quantitative estimate of drug-likeness (QED) is 0.436. The number of anilines is 4. The third-order valence-corrected chi connectivity index (χ3v) is 5.54. The summed E-state index contributed by atoms with van der Waals surface area (Å²) < 4.78 is 0. The molecule has 3 amide bonds. The van der Waals surface area contributed by atoms with Crippen molar-refractivity contribution in [2.24, 2.45) is 5.73 Å². The maximum atomic E-state index is 12.5. The van der Waals surface area contributed by atoms with Gasteiger partial charge >= 0.3 is 6.03 Å². The maximum absolute atomic E-state index is 12.5. The van der Waals surface area contributed by atoms with Crippen LogP contribution in [0.4, 0.5) is 27.9 Å². The highest BCUT2D eigenvalue weighted by Gasteiger charge is 2.25. The Bertz CT molecular complexity index is 1140. The maximum Gasteiger partial charge on any atom is 0.322 e. The Morgan fingerprint density at radius 2 is 1.91 bits per heavy atom. The number of primary amides is 1. The van der Waals surface area contributed by atoms with Gasteiger partial charge < -0.3 is 26.6 Å². The second-order valence-corrected chi connectivity index (χ2v) is 7.98. The number of hydrogen-bond acceptors (Lipinski definition) is 6. The zero-order chi connectivity index (χ0) is 23.2. The number of likely N-dealkylation sites (tertiary alicyclic amines) is 1. The molecule has 0 bridgehead atoms. The molecule has 0 aliphatic carbocycles. The monoisotopic (exact) mass is 445 g/mol. The first kappa shape index (κ1) is 22.1. The molecule has 1 aliphatic rings. The van der Waals surface area contributed by atoms with E-state index in [9.17, 15) is 9.59 Å². The van der Waals surface area contributed by atoms with Crippen molar-refractivity contribution in [2.45, 2.75) is 32.4 Å². The topological polar surface area (TPSA) is 125 Å². The van der Waals surface area contributed by atoms with Gasteiger partial charge in [0.15, 0.2) is 0 Å². The first-order chi connectivity index (χ1) is 16.0. The van der Waals surface area contributed by atoms with Crippen molar-refractivity contribution >= 4 is 35.1 Å². The van der Waals surface area contributed by atoms with E-state index in [1.54, 1.807) is 6.07 Å². The van der Waals surface area contributed by atoms with Crippen molar-refractivity contribution < 1.29 is 9.59 Å². The van der Waals surface area contributed by atoms with E-state index >= 15 is 0 Å². The number of nitrogens with zero attached hydrogens (tertiary/aromatic N) is 3. The average Bonchev–Trinajstić information content (AvgIpc) is 3.24. The summed E-state index contributed by atoms with van der Waals surface area (Å²) in [6, 6.07) is 17.2. The van der Waals surface area contributed by atoms with Gasteiger partial charge in [0.25, 0.3) is 5.91 Å². The molecule has 2 aromatic carbocycles. The van der Waals surface area contributed by atoms with Crippen LogP contribution < -0.4 is 21.7 Å². The van der Waals surface area contributed by atoms with Gasteiger partial charge in [-0.2, -0.15) is 4.98 Å². The Balaban J connectivity index is 1.47. The fourth-order valence-electron chi connectivity index (χ4n) is 3.77. The third kappa shape index (κ3) is 5.57. The molecule has 1 aromatic heterocycles. The van der Waals surface area contributed by atoms with Gasteiger partial charge in [-0.1, -0.05) is 36.4 Å². The van der Waals surface area contributed by atoms with Crippen LogP contribution in [0.15, 0.2) is 60.8 Å². The highest BCUT2D eigenvalue weighted by Crippen LogP contribution is 2.22. The number of nitrogens with one attached hydrogen (secondary N) is 3. The van der Waals surface area contributed by atoms with Crippen molar-refractivity contribution in [1.29, 1.82) is 0 Å². The second-order valence-electron chi connectivity index (χ2n) is 7.98. The molecule has 0 saturated carbocycles. The molecule has 9 nitrogen and oxygen atoms in total. The minimum Gasteiger partial charge on any atom is -0.365 e. The molecule has 0 unspecified atom stereocenters. The van der Waals surface area contributed by atoms with Crippen molar-refractivity contribution in [3.8, 4) is 0 Å². The molecular formula is C24H27N7O2. The van der Waals surface area contributed by atoms with Crippen LogP contribution in [-0.4, -0.2) is 39.4 Å². The molecule has 1 saturated heterocycles. The smallest absolute Gasteiger partial charge is 0.322 e. The molecule has 33 heavy (non-hydrogen) atoms. The Morgan fingerprint density at radius 3 is 2.64 bits per heavy atom. The number of amides is 3. The van der Waals surface area contributed by atoms with Gasteiger partial charge in [-0.3, -0.25) is 4.79 Å². The van der Waals surface area contributed by atoms with E-state index in [0.29, 0.717) is 29.7 Å². The van der Waals surface area contributed by atoms with Crippen LogP contribution >= 0.6 is 0 Å². The number of carbonyl (C=O) groups excluding carboxylic acids is 2. The highest BCUT2D eigenvalue weighted by molar-refractivity contribution is 5.97. The number of nitrogens with two attached hydrogens (primary N) is 1. The van der Waals surface area contributed by atoms with Crippen LogP contribution in [0.1, 0.15) is 35.7 Å². The van der Waals surface area contributed by atoms with Gasteiger partial charge in [-0.05, 0) is 43.5 Å². The van der Waals surface area contributed by atoms with Gasteiger partial charge in [-0.25, -0.2) is 9.78 Å². The summed E-state index contributed by atoms with van der Waals surface area (Å²) >= 11 is 0. The number of rotatable bonds is 7. The first-order valence-electron chi connectivity index (χ1n) is 10.9. The normalized spacial score (nSPS) is 15.2. The van der Waals surface area contributed by atoms with E-state index in [-0.39, 0.29) is 17.6 Å². The molecule has 1 aliphatic heterocycles. The van der Waals surface area contributed by atoms with E-state index in [0.717, 1.165) is 24.9 Å². The van der Waals surface area contributed by atoms with E-state index in [1.165, 1.54) is 6.20 Å².